The summed E-state index contributed by atoms with van der Waals surface area (Å²) in [5.74, 6) is 0.748. The maximum absolute atomic E-state index is 9.61. The van der Waals surface area contributed by atoms with Crippen molar-refractivity contribution in [3.63, 3.8) is 0 Å². The molecule has 5 heteroatoms. The Balaban J connectivity index is 2.29. The zero-order chi connectivity index (χ0) is 13.1. The van der Waals surface area contributed by atoms with Gasteiger partial charge in [0.25, 0.3) is 0 Å². The molecule has 100 valence electrons. The summed E-state index contributed by atoms with van der Waals surface area (Å²) in [5.41, 5.74) is 7.42. The van der Waals surface area contributed by atoms with Crippen molar-refractivity contribution in [1.29, 1.82) is 0 Å². The van der Waals surface area contributed by atoms with Crippen LogP contribution in [0.25, 0.3) is 0 Å². The van der Waals surface area contributed by atoms with Crippen LogP contribution in [-0.2, 0) is 0 Å². The lowest BCUT2D eigenvalue weighted by Gasteiger charge is -2.37. The second-order valence-corrected chi connectivity index (χ2v) is 4.58. The van der Waals surface area contributed by atoms with Crippen molar-refractivity contribution in [2.75, 3.05) is 30.3 Å². The molecule has 1 aromatic rings. The molecule has 4 N–H and O–H groups in total. The Hall–Kier alpha value is -1.46. The van der Waals surface area contributed by atoms with Gasteiger partial charge in [0, 0.05) is 6.54 Å². The molecule has 1 heterocycles. The predicted molar refractivity (Wildman–Crippen MR) is 70.9 cm³/mol. The standard InChI is InChI=1S/C13H20N2O3/c1-2-10-7-15(6-9(17)8-16)13-11(14)4-3-5-12(13)18-10/h3-5,9-10,16-17H,2,6-8,14H2,1H3. The molecule has 0 spiro atoms. The Bertz CT molecular complexity index is 411. The van der Waals surface area contributed by atoms with E-state index in [4.69, 9.17) is 15.6 Å². The van der Waals surface area contributed by atoms with Gasteiger partial charge in [0.15, 0.2) is 0 Å². The molecule has 0 fully saturated rings. The number of ether oxygens (including phenoxy) is 1. The molecule has 2 rings (SSSR count). The van der Waals surface area contributed by atoms with Gasteiger partial charge in [0.05, 0.1) is 24.9 Å². The van der Waals surface area contributed by atoms with Gasteiger partial charge in [-0.05, 0) is 18.6 Å². The van der Waals surface area contributed by atoms with Gasteiger partial charge in [-0.1, -0.05) is 13.0 Å². The van der Waals surface area contributed by atoms with Crippen LogP contribution < -0.4 is 15.4 Å². The van der Waals surface area contributed by atoms with E-state index in [-0.39, 0.29) is 12.7 Å². The summed E-state index contributed by atoms with van der Waals surface area (Å²) in [6.07, 6.45) is 0.207. The molecule has 2 unspecified atom stereocenters. The van der Waals surface area contributed by atoms with Gasteiger partial charge in [-0.25, -0.2) is 0 Å². The third kappa shape index (κ3) is 2.52. The van der Waals surface area contributed by atoms with Crippen molar-refractivity contribution < 1.29 is 14.9 Å². The molecule has 2 atom stereocenters. The molecule has 0 saturated carbocycles. The van der Waals surface area contributed by atoms with Crippen LogP contribution in [0.5, 0.6) is 5.75 Å². The van der Waals surface area contributed by atoms with Gasteiger partial charge in [-0.2, -0.15) is 0 Å². The van der Waals surface area contributed by atoms with E-state index in [1.807, 2.05) is 23.1 Å². The molecular formula is C13H20N2O3. The smallest absolute Gasteiger partial charge is 0.145 e. The number of nitrogen functional groups attached to an aromatic ring is 1. The minimum Gasteiger partial charge on any atom is -0.486 e. The number of nitrogens with zero attached hydrogens (tertiary/aromatic N) is 1. The summed E-state index contributed by atoms with van der Waals surface area (Å²) in [6, 6.07) is 5.55. The Morgan fingerprint density at radius 1 is 1.56 bits per heavy atom. The quantitative estimate of drug-likeness (QED) is 0.684. The van der Waals surface area contributed by atoms with Gasteiger partial charge in [0.1, 0.15) is 17.5 Å². The number of rotatable bonds is 4. The summed E-state index contributed by atoms with van der Waals surface area (Å²) in [5, 5.41) is 18.6. The molecule has 1 aliphatic heterocycles. The Morgan fingerprint density at radius 3 is 3.00 bits per heavy atom. The van der Waals surface area contributed by atoms with Crippen molar-refractivity contribution in [1.82, 2.24) is 0 Å². The lowest BCUT2D eigenvalue weighted by Crippen LogP contribution is -2.44. The van der Waals surface area contributed by atoms with Crippen LogP contribution in [0, 0.1) is 0 Å². The summed E-state index contributed by atoms with van der Waals surface area (Å²) < 4.78 is 5.84. The van der Waals surface area contributed by atoms with E-state index < -0.39 is 6.10 Å². The summed E-state index contributed by atoms with van der Waals surface area (Å²) in [6.45, 7) is 2.84. The maximum atomic E-state index is 9.61. The molecular weight excluding hydrogens is 232 g/mol. The van der Waals surface area contributed by atoms with Crippen LogP contribution in [0.1, 0.15) is 13.3 Å². The van der Waals surface area contributed by atoms with E-state index in [0.29, 0.717) is 18.8 Å². The first-order valence-corrected chi connectivity index (χ1v) is 6.24. The highest BCUT2D eigenvalue weighted by Crippen LogP contribution is 2.38. The highest BCUT2D eigenvalue weighted by atomic mass is 16.5. The van der Waals surface area contributed by atoms with Crippen molar-refractivity contribution in [2.45, 2.75) is 25.6 Å². The van der Waals surface area contributed by atoms with Crippen LogP contribution in [0.4, 0.5) is 11.4 Å². The van der Waals surface area contributed by atoms with E-state index in [2.05, 4.69) is 6.92 Å². The third-order valence-corrected chi connectivity index (χ3v) is 3.16. The average Bonchev–Trinajstić information content (AvgIpc) is 2.38. The molecule has 0 bridgehead atoms. The van der Waals surface area contributed by atoms with Gasteiger partial charge >= 0.3 is 0 Å². The van der Waals surface area contributed by atoms with Gasteiger partial charge in [-0.15, -0.1) is 0 Å². The van der Waals surface area contributed by atoms with E-state index in [1.54, 1.807) is 0 Å². The fourth-order valence-corrected chi connectivity index (χ4v) is 2.22. The number of hydrogen-bond donors (Lipinski definition) is 3. The third-order valence-electron chi connectivity index (χ3n) is 3.16. The fourth-order valence-electron chi connectivity index (χ4n) is 2.22. The second-order valence-electron chi connectivity index (χ2n) is 4.58. The number of β-amino-alcohol motifs (C(OH)–C–C–N with tert-alkyl or cyclic N) is 1. The largest absolute Gasteiger partial charge is 0.486 e. The molecule has 0 saturated heterocycles. The van der Waals surface area contributed by atoms with Crippen LogP contribution in [0.15, 0.2) is 18.2 Å². The Labute approximate surface area is 107 Å². The summed E-state index contributed by atoms with van der Waals surface area (Å²) in [7, 11) is 0. The molecule has 0 aromatic heterocycles. The van der Waals surface area contributed by atoms with Crippen LogP contribution >= 0.6 is 0 Å². The minimum atomic E-state index is -0.770. The molecule has 0 aliphatic carbocycles. The molecule has 0 radical (unpaired) electrons. The summed E-state index contributed by atoms with van der Waals surface area (Å²) in [4.78, 5) is 1.99. The zero-order valence-electron chi connectivity index (χ0n) is 10.5. The second kappa shape index (κ2) is 5.46. The monoisotopic (exact) mass is 252 g/mol. The van der Waals surface area contributed by atoms with E-state index in [1.165, 1.54) is 0 Å². The van der Waals surface area contributed by atoms with E-state index in [9.17, 15) is 5.11 Å². The number of fused-ring (bicyclic) bond motifs is 1. The van der Waals surface area contributed by atoms with Gasteiger partial charge in [0.2, 0.25) is 0 Å². The number of anilines is 2. The molecule has 5 nitrogen and oxygen atoms in total. The Morgan fingerprint density at radius 2 is 2.33 bits per heavy atom. The minimum absolute atomic E-state index is 0.0881. The normalized spacial score (nSPS) is 20.2. The first-order chi connectivity index (χ1) is 8.65. The zero-order valence-corrected chi connectivity index (χ0v) is 10.5. The average molecular weight is 252 g/mol. The number of aliphatic hydroxyl groups excluding tert-OH is 2. The van der Waals surface area contributed by atoms with Crippen molar-refractivity contribution >= 4 is 11.4 Å². The van der Waals surface area contributed by atoms with Crippen LogP contribution in [0.2, 0.25) is 0 Å². The summed E-state index contributed by atoms with van der Waals surface area (Å²) >= 11 is 0. The molecule has 1 aliphatic rings. The SMILES string of the molecule is CCC1CN(CC(O)CO)c2c(N)cccc2O1. The molecule has 1 aromatic carbocycles. The first kappa shape index (κ1) is 13.0. The van der Waals surface area contributed by atoms with Crippen molar-refractivity contribution in [3.05, 3.63) is 18.2 Å². The molecule has 18 heavy (non-hydrogen) atoms. The Kier molecular flexibility index (Phi) is 3.93. The molecule has 0 amide bonds. The number of aliphatic hydroxyl groups is 2. The van der Waals surface area contributed by atoms with Gasteiger partial charge in [-0.3, -0.25) is 0 Å². The topological polar surface area (TPSA) is 79.0 Å². The number of nitrogens with two attached hydrogens (primary N) is 1. The highest BCUT2D eigenvalue weighted by Gasteiger charge is 2.27. The van der Waals surface area contributed by atoms with Gasteiger partial charge < -0.3 is 25.6 Å². The number of hydrogen-bond acceptors (Lipinski definition) is 5. The van der Waals surface area contributed by atoms with Crippen LogP contribution in [0.3, 0.4) is 0 Å². The number of benzene rings is 1. The van der Waals surface area contributed by atoms with E-state index >= 15 is 0 Å². The lowest BCUT2D eigenvalue weighted by atomic mass is 10.1. The highest BCUT2D eigenvalue weighted by molar-refractivity contribution is 5.75. The maximum Gasteiger partial charge on any atom is 0.145 e. The fraction of sp³-hybridized carbons (Fsp3) is 0.538. The predicted octanol–water partition coefficient (Wildman–Crippen LogP) is 0.599. The van der Waals surface area contributed by atoms with Crippen molar-refractivity contribution in [2.24, 2.45) is 0 Å². The van der Waals surface area contributed by atoms with Crippen LogP contribution in [-0.4, -0.2) is 42.1 Å². The lowest BCUT2D eigenvalue weighted by molar-refractivity contribution is 0.0952. The van der Waals surface area contributed by atoms with Crippen molar-refractivity contribution in [3.8, 4) is 5.75 Å². The number of para-hydroxylation sites is 1. The van der Waals surface area contributed by atoms with E-state index in [0.717, 1.165) is 17.9 Å². The first-order valence-electron chi connectivity index (χ1n) is 6.24.